The summed E-state index contributed by atoms with van der Waals surface area (Å²) in [5, 5.41) is 4.71. The fourth-order valence-electron chi connectivity index (χ4n) is 1.98. The fourth-order valence-corrected chi connectivity index (χ4v) is 1.98. The molecule has 15 heavy (non-hydrogen) atoms. The van der Waals surface area contributed by atoms with Gasteiger partial charge in [-0.3, -0.25) is 4.98 Å². The lowest BCUT2D eigenvalue weighted by molar-refractivity contribution is 0.385. The Bertz CT molecular complexity index is 461. The zero-order valence-electron chi connectivity index (χ0n) is 8.31. The lowest BCUT2D eigenvalue weighted by Crippen LogP contribution is -2.35. The molecule has 1 saturated heterocycles. The van der Waals surface area contributed by atoms with E-state index in [1.165, 1.54) is 17.4 Å². The standard InChI is InChI=1S/C12H12N2.ClH/c1-2-4-11-9(3-1)10(5-7-13-11)12-6-8-14-12;/h1-5,7,12,14H,6,8H2;1H/t12-;/m0./s1. The first-order valence-electron chi connectivity index (χ1n) is 5.02. The number of para-hydroxylation sites is 1. The number of nitrogens with one attached hydrogen (secondary N) is 1. The van der Waals surface area contributed by atoms with Crippen molar-refractivity contribution in [3.63, 3.8) is 0 Å². The molecule has 3 heteroatoms. The number of pyridine rings is 1. The van der Waals surface area contributed by atoms with Gasteiger partial charge in [0.2, 0.25) is 0 Å². The Hall–Kier alpha value is -1.12. The topological polar surface area (TPSA) is 24.9 Å². The molecule has 0 unspecified atom stereocenters. The number of aromatic nitrogens is 1. The molecule has 2 aromatic rings. The molecule has 3 rings (SSSR count). The third-order valence-electron chi connectivity index (χ3n) is 2.88. The minimum atomic E-state index is 0. The summed E-state index contributed by atoms with van der Waals surface area (Å²) in [7, 11) is 0. The monoisotopic (exact) mass is 220 g/mol. The zero-order chi connectivity index (χ0) is 9.38. The van der Waals surface area contributed by atoms with Crippen LogP contribution < -0.4 is 5.32 Å². The molecule has 1 aliphatic heterocycles. The van der Waals surface area contributed by atoms with E-state index in [0.29, 0.717) is 6.04 Å². The molecule has 1 aromatic carbocycles. The SMILES string of the molecule is Cl.c1ccc2c([C@@H]3CCN3)ccnc2c1. The lowest BCUT2D eigenvalue weighted by Gasteiger charge is -2.28. The van der Waals surface area contributed by atoms with Crippen LogP contribution in [0.4, 0.5) is 0 Å². The van der Waals surface area contributed by atoms with Crippen LogP contribution in [-0.2, 0) is 0 Å². The van der Waals surface area contributed by atoms with E-state index in [1.54, 1.807) is 0 Å². The molecule has 0 amide bonds. The highest BCUT2D eigenvalue weighted by Crippen LogP contribution is 2.28. The Kier molecular flexibility index (Phi) is 2.89. The van der Waals surface area contributed by atoms with Gasteiger partial charge in [-0.05, 0) is 30.7 Å². The molecule has 2 heterocycles. The van der Waals surface area contributed by atoms with Gasteiger partial charge in [0.15, 0.2) is 0 Å². The number of benzene rings is 1. The molecular weight excluding hydrogens is 208 g/mol. The summed E-state index contributed by atoms with van der Waals surface area (Å²) in [4.78, 5) is 4.35. The molecule has 0 bridgehead atoms. The second-order valence-electron chi connectivity index (χ2n) is 3.71. The molecule has 1 aliphatic rings. The molecule has 1 N–H and O–H groups in total. The third kappa shape index (κ3) is 1.71. The quantitative estimate of drug-likeness (QED) is 0.800. The predicted octanol–water partition coefficient (Wildman–Crippen LogP) is 2.69. The Balaban J connectivity index is 0.000000853. The van der Waals surface area contributed by atoms with E-state index in [4.69, 9.17) is 0 Å². The second kappa shape index (κ2) is 4.17. The Morgan fingerprint density at radius 1 is 1.20 bits per heavy atom. The van der Waals surface area contributed by atoms with Crippen molar-refractivity contribution in [2.24, 2.45) is 0 Å². The average molecular weight is 221 g/mol. The van der Waals surface area contributed by atoms with E-state index < -0.39 is 0 Å². The molecule has 1 atom stereocenters. The van der Waals surface area contributed by atoms with Crippen LogP contribution in [-0.4, -0.2) is 11.5 Å². The highest BCUT2D eigenvalue weighted by molar-refractivity contribution is 5.85. The number of hydrogen-bond donors (Lipinski definition) is 1. The molecule has 0 radical (unpaired) electrons. The number of hydrogen-bond acceptors (Lipinski definition) is 2. The van der Waals surface area contributed by atoms with Gasteiger partial charge in [-0.2, -0.15) is 0 Å². The lowest BCUT2D eigenvalue weighted by atomic mass is 9.95. The van der Waals surface area contributed by atoms with E-state index in [2.05, 4.69) is 34.6 Å². The molecule has 2 nitrogen and oxygen atoms in total. The van der Waals surface area contributed by atoms with Crippen LogP contribution >= 0.6 is 12.4 Å². The maximum Gasteiger partial charge on any atom is 0.0705 e. The van der Waals surface area contributed by atoms with Gasteiger partial charge >= 0.3 is 0 Å². The van der Waals surface area contributed by atoms with Crippen molar-refractivity contribution in [2.75, 3.05) is 6.54 Å². The number of nitrogens with zero attached hydrogens (tertiary/aromatic N) is 1. The van der Waals surface area contributed by atoms with Crippen molar-refractivity contribution >= 4 is 23.3 Å². The molecular formula is C12H13ClN2. The normalized spacial score (nSPS) is 19.3. The van der Waals surface area contributed by atoms with Crippen LogP contribution in [0.3, 0.4) is 0 Å². The van der Waals surface area contributed by atoms with Crippen molar-refractivity contribution in [1.82, 2.24) is 10.3 Å². The number of fused-ring (bicyclic) bond motifs is 1. The van der Waals surface area contributed by atoms with Gasteiger partial charge < -0.3 is 5.32 Å². The summed E-state index contributed by atoms with van der Waals surface area (Å²) in [6.07, 6.45) is 3.14. The summed E-state index contributed by atoms with van der Waals surface area (Å²) in [5.41, 5.74) is 2.49. The van der Waals surface area contributed by atoms with E-state index in [9.17, 15) is 0 Å². The van der Waals surface area contributed by atoms with Crippen molar-refractivity contribution in [2.45, 2.75) is 12.5 Å². The van der Waals surface area contributed by atoms with Crippen LogP contribution in [0.1, 0.15) is 18.0 Å². The van der Waals surface area contributed by atoms with Gasteiger partial charge in [0.25, 0.3) is 0 Å². The molecule has 0 aliphatic carbocycles. The molecule has 0 saturated carbocycles. The molecule has 0 spiro atoms. The Morgan fingerprint density at radius 2 is 2.00 bits per heavy atom. The van der Waals surface area contributed by atoms with Gasteiger partial charge in [-0.25, -0.2) is 0 Å². The first-order chi connectivity index (χ1) is 6.95. The van der Waals surface area contributed by atoms with Crippen molar-refractivity contribution in [1.29, 1.82) is 0 Å². The summed E-state index contributed by atoms with van der Waals surface area (Å²) in [6.45, 7) is 1.14. The maximum atomic E-state index is 4.35. The molecule has 1 fully saturated rings. The summed E-state index contributed by atoms with van der Waals surface area (Å²) in [5.74, 6) is 0. The van der Waals surface area contributed by atoms with Crippen LogP contribution in [0.2, 0.25) is 0 Å². The van der Waals surface area contributed by atoms with Gasteiger partial charge in [0, 0.05) is 17.6 Å². The van der Waals surface area contributed by atoms with E-state index in [1.807, 2.05) is 12.3 Å². The van der Waals surface area contributed by atoms with E-state index in [-0.39, 0.29) is 12.4 Å². The minimum Gasteiger partial charge on any atom is -0.310 e. The maximum absolute atomic E-state index is 4.35. The van der Waals surface area contributed by atoms with Gasteiger partial charge in [0.1, 0.15) is 0 Å². The highest BCUT2D eigenvalue weighted by atomic mass is 35.5. The minimum absolute atomic E-state index is 0. The Labute approximate surface area is 95.1 Å². The van der Waals surface area contributed by atoms with E-state index in [0.717, 1.165) is 12.1 Å². The number of halogens is 1. The van der Waals surface area contributed by atoms with Gasteiger partial charge in [-0.15, -0.1) is 12.4 Å². The second-order valence-corrected chi connectivity index (χ2v) is 3.71. The van der Waals surface area contributed by atoms with Crippen LogP contribution in [0, 0.1) is 0 Å². The first kappa shape index (κ1) is 10.4. The average Bonchev–Trinajstić information content (AvgIpc) is 2.16. The summed E-state index contributed by atoms with van der Waals surface area (Å²) >= 11 is 0. The van der Waals surface area contributed by atoms with Crippen molar-refractivity contribution in [3.05, 3.63) is 42.1 Å². The highest BCUT2D eigenvalue weighted by Gasteiger charge is 2.20. The summed E-state index contributed by atoms with van der Waals surface area (Å²) < 4.78 is 0. The largest absolute Gasteiger partial charge is 0.310 e. The van der Waals surface area contributed by atoms with Crippen LogP contribution in [0.25, 0.3) is 10.9 Å². The van der Waals surface area contributed by atoms with Gasteiger partial charge in [0.05, 0.1) is 5.52 Å². The fraction of sp³-hybridized carbons (Fsp3) is 0.250. The van der Waals surface area contributed by atoms with E-state index >= 15 is 0 Å². The third-order valence-corrected chi connectivity index (χ3v) is 2.88. The Morgan fingerprint density at radius 3 is 2.73 bits per heavy atom. The predicted molar refractivity (Wildman–Crippen MR) is 64.4 cm³/mol. The smallest absolute Gasteiger partial charge is 0.0705 e. The van der Waals surface area contributed by atoms with Crippen LogP contribution in [0.5, 0.6) is 0 Å². The van der Waals surface area contributed by atoms with Crippen LogP contribution in [0.15, 0.2) is 36.5 Å². The van der Waals surface area contributed by atoms with Crippen molar-refractivity contribution in [3.8, 4) is 0 Å². The zero-order valence-corrected chi connectivity index (χ0v) is 9.13. The number of rotatable bonds is 1. The first-order valence-corrected chi connectivity index (χ1v) is 5.02. The molecule has 78 valence electrons. The van der Waals surface area contributed by atoms with Gasteiger partial charge in [-0.1, -0.05) is 18.2 Å². The van der Waals surface area contributed by atoms with Crippen molar-refractivity contribution < 1.29 is 0 Å². The molecule has 1 aromatic heterocycles. The summed E-state index contributed by atoms with van der Waals surface area (Å²) in [6, 6.07) is 11.0.